The van der Waals surface area contributed by atoms with Crippen LogP contribution in [0.2, 0.25) is 0 Å². The van der Waals surface area contributed by atoms with Crippen LogP contribution in [-0.4, -0.2) is 29.2 Å². The molecule has 20 heavy (non-hydrogen) atoms. The summed E-state index contributed by atoms with van der Waals surface area (Å²) in [5.41, 5.74) is 0.626. The molecule has 0 radical (unpaired) electrons. The number of likely N-dealkylation sites (tertiary alicyclic amines) is 1. The highest BCUT2D eigenvalue weighted by atomic mass is 16.6. The molecule has 1 heterocycles. The van der Waals surface area contributed by atoms with Crippen LogP contribution in [0.1, 0.15) is 38.7 Å². The first kappa shape index (κ1) is 14.4. The Kier molecular flexibility index (Phi) is 3.99. The fourth-order valence-electron chi connectivity index (χ4n) is 2.45. The van der Waals surface area contributed by atoms with Gasteiger partial charge in [0.1, 0.15) is 11.6 Å². The number of benzene rings is 1. The molecule has 4 nitrogen and oxygen atoms in total. The molecule has 0 saturated carbocycles. The molecule has 4 heteroatoms. The van der Waals surface area contributed by atoms with E-state index in [0.717, 1.165) is 0 Å². The van der Waals surface area contributed by atoms with Crippen molar-refractivity contribution >= 4 is 6.09 Å². The summed E-state index contributed by atoms with van der Waals surface area (Å²) in [7, 11) is 0. The predicted octanol–water partition coefficient (Wildman–Crippen LogP) is 3.30. The number of hydrogen-bond donors (Lipinski definition) is 0. The molecule has 106 valence electrons. The molecule has 0 bridgehead atoms. The molecule has 1 aromatic rings. The topological polar surface area (TPSA) is 53.3 Å². The standard InChI is InChI=1S/C16H20N2O2/c1-16(2,3)20-15(19)18-11-13(9-14(18)10-17)12-7-5-4-6-8-12/h4-8,13-14H,9,11H2,1-3H3. The van der Waals surface area contributed by atoms with Crippen molar-refractivity contribution < 1.29 is 9.53 Å². The van der Waals surface area contributed by atoms with Gasteiger partial charge in [-0.2, -0.15) is 5.26 Å². The van der Waals surface area contributed by atoms with Crippen LogP contribution in [0.25, 0.3) is 0 Å². The van der Waals surface area contributed by atoms with Gasteiger partial charge in [0.25, 0.3) is 0 Å². The fourth-order valence-corrected chi connectivity index (χ4v) is 2.45. The van der Waals surface area contributed by atoms with Gasteiger partial charge in [-0.15, -0.1) is 0 Å². The third kappa shape index (κ3) is 3.30. The number of ether oxygens (including phenoxy) is 1. The molecular weight excluding hydrogens is 252 g/mol. The van der Waals surface area contributed by atoms with Crippen LogP contribution in [0.5, 0.6) is 0 Å². The maximum absolute atomic E-state index is 12.2. The first-order valence-electron chi connectivity index (χ1n) is 6.85. The number of nitriles is 1. The quantitative estimate of drug-likeness (QED) is 0.788. The van der Waals surface area contributed by atoms with Crippen molar-refractivity contribution in [2.75, 3.05) is 6.54 Å². The molecule has 1 aliphatic heterocycles. The molecule has 1 aromatic carbocycles. The largest absolute Gasteiger partial charge is 0.444 e. The SMILES string of the molecule is CC(C)(C)OC(=O)N1CC(c2ccccc2)CC1C#N. The van der Waals surface area contributed by atoms with Crippen LogP contribution in [0.4, 0.5) is 4.79 Å². The van der Waals surface area contributed by atoms with Crippen LogP contribution in [0.3, 0.4) is 0 Å². The summed E-state index contributed by atoms with van der Waals surface area (Å²) in [6.07, 6.45) is 0.266. The molecule has 1 amide bonds. The van der Waals surface area contributed by atoms with Crippen molar-refractivity contribution in [2.45, 2.75) is 44.8 Å². The summed E-state index contributed by atoms with van der Waals surface area (Å²) in [4.78, 5) is 13.7. The fraction of sp³-hybridized carbons (Fsp3) is 0.500. The van der Waals surface area contributed by atoms with Crippen LogP contribution in [0, 0.1) is 11.3 Å². The average Bonchev–Trinajstić information content (AvgIpc) is 2.82. The molecule has 0 aromatic heterocycles. The molecule has 2 atom stereocenters. The van der Waals surface area contributed by atoms with Gasteiger partial charge >= 0.3 is 6.09 Å². The predicted molar refractivity (Wildman–Crippen MR) is 76.1 cm³/mol. The molecule has 1 saturated heterocycles. The Labute approximate surface area is 120 Å². The summed E-state index contributed by atoms with van der Waals surface area (Å²) in [6.45, 7) is 6.03. The van der Waals surface area contributed by atoms with E-state index in [9.17, 15) is 10.1 Å². The van der Waals surface area contributed by atoms with Gasteiger partial charge in [0.15, 0.2) is 0 Å². The Hall–Kier alpha value is -2.02. The van der Waals surface area contributed by atoms with E-state index in [1.165, 1.54) is 5.56 Å². The Morgan fingerprint density at radius 3 is 2.55 bits per heavy atom. The Morgan fingerprint density at radius 1 is 1.35 bits per heavy atom. The molecule has 1 fully saturated rings. The van der Waals surface area contributed by atoms with Gasteiger partial charge in [-0.25, -0.2) is 4.79 Å². The summed E-state index contributed by atoms with van der Waals surface area (Å²) in [6, 6.07) is 11.8. The maximum atomic E-state index is 12.2. The van der Waals surface area contributed by atoms with E-state index in [-0.39, 0.29) is 5.92 Å². The van der Waals surface area contributed by atoms with Gasteiger partial charge in [0.2, 0.25) is 0 Å². The lowest BCUT2D eigenvalue weighted by molar-refractivity contribution is 0.0257. The second kappa shape index (κ2) is 5.54. The lowest BCUT2D eigenvalue weighted by Gasteiger charge is -2.26. The number of carbonyl (C=O) groups is 1. The zero-order valence-electron chi connectivity index (χ0n) is 12.2. The van der Waals surface area contributed by atoms with Crippen molar-refractivity contribution in [3.8, 4) is 6.07 Å². The number of rotatable bonds is 1. The minimum Gasteiger partial charge on any atom is -0.444 e. The highest BCUT2D eigenvalue weighted by Crippen LogP contribution is 2.32. The summed E-state index contributed by atoms with van der Waals surface area (Å²) in [5.74, 6) is 0.202. The summed E-state index contributed by atoms with van der Waals surface area (Å²) >= 11 is 0. The van der Waals surface area contributed by atoms with E-state index in [4.69, 9.17) is 4.74 Å². The van der Waals surface area contributed by atoms with E-state index in [1.54, 1.807) is 4.90 Å². The van der Waals surface area contributed by atoms with E-state index in [2.05, 4.69) is 6.07 Å². The third-order valence-corrected chi connectivity index (χ3v) is 3.35. The maximum Gasteiger partial charge on any atom is 0.411 e. The monoisotopic (exact) mass is 272 g/mol. The molecule has 0 spiro atoms. The van der Waals surface area contributed by atoms with Crippen molar-refractivity contribution in [1.82, 2.24) is 4.90 Å². The van der Waals surface area contributed by atoms with Crippen LogP contribution in [0.15, 0.2) is 30.3 Å². The van der Waals surface area contributed by atoms with Gasteiger partial charge in [0, 0.05) is 12.5 Å². The average molecular weight is 272 g/mol. The highest BCUT2D eigenvalue weighted by Gasteiger charge is 2.38. The second-order valence-corrected chi connectivity index (χ2v) is 6.12. The lowest BCUT2D eigenvalue weighted by atomic mass is 9.97. The van der Waals surface area contributed by atoms with Crippen molar-refractivity contribution in [2.24, 2.45) is 0 Å². The van der Waals surface area contributed by atoms with Gasteiger partial charge in [-0.1, -0.05) is 30.3 Å². The zero-order valence-corrected chi connectivity index (χ0v) is 12.2. The molecule has 0 aliphatic carbocycles. The van der Waals surface area contributed by atoms with Crippen LogP contribution < -0.4 is 0 Å². The van der Waals surface area contributed by atoms with E-state index in [1.807, 2.05) is 51.1 Å². The van der Waals surface area contributed by atoms with E-state index < -0.39 is 17.7 Å². The molecule has 1 aliphatic rings. The normalized spacial score (nSPS) is 22.4. The first-order chi connectivity index (χ1) is 9.40. The van der Waals surface area contributed by atoms with Gasteiger partial charge in [-0.05, 0) is 32.8 Å². The van der Waals surface area contributed by atoms with E-state index >= 15 is 0 Å². The smallest absolute Gasteiger partial charge is 0.411 e. The van der Waals surface area contributed by atoms with Gasteiger partial charge < -0.3 is 4.74 Å². The zero-order chi connectivity index (χ0) is 14.8. The summed E-state index contributed by atoms with van der Waals surface area (Å²) in [5, 5.41) is 9.25. The van der Waals surface area contributed by atoms with Crippen LogP contribution in [-0.2, 0) is 4.74 Å². The number of hydrogen-bond acceptors (Lipinski definition) is 3. The minimum atomic E-state index is -0.540. The lowest BCUT2D eigenvalue weighted by Crippen LogP contribution is -2.39. The number of nitrogens with zero attached hydrogens (tertiary/aromatic N) is 2. The third-order valence-electron chi connectivity index (χ3n) is 3.35. The number of carbonyl (C=O) groups excluding carboxylic acids is 1. The van der Waals surface area contributed by atoms with E-state index in [0.29, 0.717) is 13.0 Å². The Morgan fingerprint density at radius 2 is 2.00 bits per heavy atom. The minimum absolute atomic E-state index is 0.202. The molecule has 0 N–H and O–H groups in total. The summed E-state index contributed by atoms with van der Waals surface area (Å²) < 4.78 is 5.37. The second-order valence-electron chi connectivity index (χ2n) is 6.12. The molecule has 2 rings (SSSR count). The Bertz CT molecular complexity index is 514. The van der Waals surface area contributed by atoms with Crippen molar-refractivity contribution in [3.05, 3.63) is 35.9 Å². The number of amides is 1. The first-order valence-corrected chi connectivity index (χ1v) is 6.85. The van der Waals surface area contributed by atoms with Gasteiger partial charge in [0.05, 0.1) is 6.07 Å². The Balaban J connectivity index is 2.11. The highest BCUT2D eigenvalue weighted by molar-refractivity contribution is 5.69. The van der Waals surface area contributed by atoms with Gasteiger partial charge in [-0.3, -0.25) is 4.90 Å². The van der Waals surface area contributed by atoms with Crippen molar-refractivity contribution in [1.29, 1.82) is 5.26 Å². The van der Waals surface area contributed by atoms with Crippen molar-refractivity contribution in [3.63, 3.8) is 0 Å². The van der Waals surface area contributed by atoms with Crippen LogP contribution >= 0.6 is 0 Å². The molecule has 2 unspecified atom stereocenters. The molecular formula is C16H20N2O2.